The van der Waals surface area contributed by atoms with E-state index in [1.165, 1.54) is 5.57 Å². The second kappa shape index (κ2) is 3.85. The lowest BCUT2D eigenvalue weighted by Crippen LogP contribution is -2.23. The first-order valence-corrected chi connectivity index (χ1v) is 5.57. The Labute approximate surface area is 94.2 Å². The van der Waals surface area contributed by atoms with E-state index in [-0.39, 0.29) is 21.8 Å². The third-order valence-corrected chi connectivity index (χ3v) is 3.69. The van der Waals surface area contributed by atoms with Crippen molar-refractivity contribution < 1.29 is 9.72 Å². The Hall–Kier alpha value is -1.45. The van der Waals surface area contributed by atoms with Crippen LogP contribution in [-0.4, -0.2) is 10.7 Å². The van der Waals surface area contributed by atoms with E-state index in [0.717, 1.165) is 12.8 Å². The summed E-state index contributed by atoms with van der Waals surface area (Å²) in [5, 5.41) is 10.8. The smallest absolute Gasteiger partial charge is 0.247 e. The molecule has 86 valence electrons. The van der Waals surface area contributed by atoms with E-state index < -0.39 is 0 Å². The van der Waals surface area contributed by atoms with E-state index in [1.54, 1.807) is 6.08 Å². The standard InChI is InChI=1S/C12H15NO3/c1-12-7-6-11(14)5-3-9(12)2-4-10(8-12)13(15)16/h2,4H,3,5-8H2,1H3. The number of nitrogens with zero attached hydrogens (tertiary/aromatic N) is 1. The van der Waals surface area contributed by atoms with Gasteiger partial charge in [-0.05, 0) is 18.3 Å². The van der Waals surface area contributed by atoms with Crippen LogP contribution in [0.3, 0.4) is 0 Å². The van der Waals surface area contributed by atoms with Crippen LogP contribution < -0.4 is 0 Å². The molecule has 0 amide bonds. The molecular weight excluding hydrogens is 206 g/mol. The van der Waals surface area contributed by atoms with Gasteiger partial charge in [-0.3, -0.25) is 14.9 Å². The van der Waals surface area contributed by atoms with Crippen molar-refractivity contribution in [2.24, 2.45) is 5.41 Å². The van der Waals surface area contributed by atoms with Crippen molar-refractivity contribution in [3.63, 3.8) is 0 Å². The maximum Gasteiger partial charge on any atom is 0.247 e. The fourth-order valence-corrected chi connectivity index (χ4v) is 2.54. The van der Waals surface area contributed by atoms with Crippen molar-refractivity contribution in [1.29, 1.82) is 0 Å². The lowest BCUT2D eigenvalue weighted by atomic mass is 9.72. The average molecular weight is 221 g/mol. The number of carbonyl (C=O) groups excluding carboxylic acids is 1. The number of allylic oxidation sites excluding steroid dienone is 4. The Morgan fingerprint density at radius 3 is 2.75 bits per heavy atom. The van der Waals surface area contributed by atoms with Crippen molar-refractivity contribution in [3.8, 4) is 0 Å². The quantitative estimate of drug-likeness (QED) is 0.505. The highest BCUT2D eigenvalue weighted by molar-refractivity contribution is 5.79. The Bertz CT molecular complexity index is 408. The zero-order chi connectivity index (χ0) is 11.8. The molecule has 4 nitrogen and oxygen atoms in total. The van der Waals surface area contributed by atoms with E-state index in [1.807, 2.05) is 13.0 Å². The molecule has 1 saturated carbocycles. The summed E-state index contributed by atoms with van der Waals surface area (Å²) < 4.78 is 0. The van der Waals surface area contributed by atoms with Crippen LogP contribution in [-0.2, 0) is 4.79 Å². The summed E-state index contributed by atoms with van der Waals surface area (Å²) >= 11 is 0. The van der Waals surface area contributed by atoms with E-state index in [0.29, 0.717) is 19.3 Å². The normalized spacial score (nSPS) is 29.9. The van der Waals surface area contributed by atoms with Gasteiger partial charge in [-0.25, -0.2) is 0 Å². The van der Waals surface area contributed by atoms with Crippen LogP contribution >= 0.6 is 0 Å². The highest BCUT2D eigenvalue weighted by Gasteiger charge is 2.37. The molecule has 16 heavy (non-hydrogen) atoms. The molecule has 2 aliphatic carbocycles. The first kappa shape index (κ1) is 11.0. The predicted molar refractivity (Wildman–Crippen MR) is 59.4 cm³/mol. The number of fused-ring (bicyclic) bond motifs is 1. The molecule has 4 heteroatoms. The number of nitro groups is 1. The van der Waals surface area contributed by atoms with Crippen molar-refractivity contribution in [1.82, 2.24) is 0 Å². The molecular formula is C12H15NO3. The molecule has 0 spiro atoms. The third kappa shape index (κ3) is 1.92. The molecule has 0 bridgehead atoms. The number of rotatable bonds is 1. The molecule has 1 atom stereocenters. The van der Waals surface area contributed by atoms with Crippen molar-refractivity contribution in [2.75, 3.05) is 0 Å². The maximum atomic E-state index is 11.4. The van der Waals surface area contributed by atoms with Crippen molar-refractivity contribution in [2.45, 2.75) is 39.0 Å². The van der Waals surface area contributed by atoms with Crippen molar-refractivity contribution in [3.05, 3.63) is 33.5 Å². The van der Waals surface area contributed by atoms with Gasteiger partial charge in [-0.2, -0.15) is 0 Å². The van der Waals surface area contributed by atoms with Gasteiger partial charge in [0.2, 0.25) is 5.70 Å². The van der Waals surface area contributed by atoms with Gasteiger partial charge in [0.1, 0.15) is 5.78 Å². The minimum Gasteiger partial charge on any atom is -0.300 e. The van der Waals surface area contributed by atoms with Gasteiger partial charge in [-0.1, -0.05) is 18.6 Å². The molecule has 0 aliphatic heterocycles. The van der Waals surface area contributed by atoms with Gasteiger partial charge in [-0.15, -0.1) is 0 Å². The topological polar surface area (TPSA) is 60.2 Å². The number of Topliss-reactive ketones (excluding diaryl/α,β-unsaturated/α-hetero) is 1. The Balaban J connectivity index is 2.29. The minimum atomic E-state index is -0.314. The molecule has 1 fully saturated rings. The van der Waals surface area contributed by atoms with Gasteiger partial charge in [0.05, 0.1) is 4.92 Å². The van der Waals surface area contributed by atoms with Crippen LogP contribution in [0.2, 0.25) is 0 Å². The van der Waals surface area contributed by atoms with Gasteiger partial charge in [0.25, 0.3) is 0 Å². The summed E-state index contributed by atoms with van der Waals surface area (Å²) in [6.45, 7) is 2.04. The van der Waals surface area contributed by atoms with Crippen LogP contribution in [0, 0.1) is 15.5 Å². The maximum absolute atomic E-state index is 11.4. The average Bonchev–Trinajstić information content (AvgIpc) is 2.38. The molecule has 0 radical (unpaired) electrons. The first-order valence-electron chi connectivity index (χ1n) is 5.57. The number of hydrogen-bond donors (Lipinski definition) is 0. The van der Waals surface area contributed by atoms with Crippen LogP contribution in [0.1, 0.15) is 39.0 Å². The highest BCUT2D eigenvalue weighted by Crippen LogP contribution is 2.45. The molecule has 0 aromatic rings. The molecule has 2 rings (SSSR count). The molecule has 0 heterocycles. The molecule has 2 aliphatic rings. The molecule has 0 aromatic heterocycles. The first-order chi connectivity index (χ1) is 7.51. The second-order valence-corrected chi connectivity index (χ2v) is 4.88. The fraction of sp³-hybridized carbons (Fsp3) is 0.583. The summed E-state index contributed by atoms with van der Waals surface area (Å²) in [5.41, 5.74) is 1.29. The Morgan fingerprint density at radius 1 is 1.31 bits per heavy atom. The summed E-state index contributed by atoms with van der Waals surface area (Å²) in [4.78, 5) is 21.9. The zero-order valence-electron chi connectivity index (χ0n) is 9.36. The van der Waals surface area contributed by atoms with Crippen molar-refractivity contribution >= 4 is 5.78 Å². The lowest BCUT2D eigenvalue weighted by Gasteiger charge is -2.31. The Kier molecular flexibility index (Phi) is 2.66. The fourth-order valence-electron chi connectivity index (χ4n) is 2.54. The molecule has 0 N–H and O–H groups in total. The third-order valence-electron chi connectivity index (χ3n) is 3.69. The number of ketones is 1. The van der Waals surface area contributed by atoms with Gasteiger partial charge in [0.15, 0.2) is 0 Å². The summed E-state index contributed by atoms with van der Waals surface area (Å²) in [6.07, 6.45) is 6.54. The number of hydrogen-bond acceptors (Lipinski definition) is 3. The van der Waals surface area contributed by atoms with Gasteiger partial charge in [0, 0.05) is 25.3 Å². The van der Waals surface area contributed by atoms with E-state index in [9.17, 15) is 14.9 Å². The van der Waals surface area contributed by atoms with Crippen LogP contribution in [0.5, 0.6) is 0 Å². The summed E-state index contributed by atoms with van der Waals surface area (Å²) in [5.74, 6) is 0.277. The second-order valence-electron chi connectivity index (χ2n) is 4.88. The summed E-state index contributed by atoms with van der Waals surface area (Å²) in [7, 11) is 0. The van der Waals surface area contributed by atoms with Crippen LogP contribution in [0.4, 0.5) is 0 Å². The largest absolute Gasteiger partial charge is 0.300 e. The van der Waals surface area contributed by atoms with Gasteiger partial charge >= 0.3 is 0 Å². The van der Waals surface area contributed by atoms with E-state index in [4.69, 9.17) is 0 Å². The predicted octanol–water partition coefficient (Wildman–Crippen LogP) is 2.63. The molecule has 1 unspecified atom stereocenters. The zero-order valence-corrected chi connectivity index (χ0v) is 9.36. The number of carbonyl (C=O) groups is 1. The molecule has 0 saturated heterocycles. The highest BCUT2D eigenvalue weighted by atomic mass is 16.6. The monoisotopic (exact) mass is 221 g/mol. The van der Waals surface area contributed by atoms with Crippen LogP contribution in [0.25, 0.3) is 0 Å². The SMILES string of the molecule is CC12CCC(=O)CCC1=CC=C([N+](=O)[O-])C2. The Morgan fingerprint density at radius 2 is 2.06 bits per heavy atom. The molecule has 0 aromatic carbocycles. The van der Waals surface area contributed by atoms with E-state index >= 15 is 0 Å². The van der Waals surface area contributed by atoms with Gasteiger partial charge < -0.3 is 0 Å². The minimum absolute atomic E-state index is 0.177. The summed E-state index contributed by atoms with van der Waals surface area (Å²) in [6, 6.07) is 0. The van der Waals surface area contributed by atoms with E-state index in [2.05, 4.69) is 0 Å². The lowest BCUT2D eigenvalue weighted by molar-refractivity contribution is -0.430. The van der Waals surface area contributed by atoms with Crippen LogP contribution in [0.15, 0.2) is 23.4 Å².